The SMILES string of the molecule is CC/C=C\C/C=C\C/C=C\CCCCCC(=O)OCC(COC(=O)CCCCCCCCC/C=C\C/C=C\CCCCC)OC(=O)CCCCC/C=C\C/C=C\C/C=C\CC. The van der Waals surface area contributed by atoms with E-state index < -0.39 is 6.10 Å². The summed E-state index contributed by atoms with van der Waals surface area (Å²) in [5, 5.41) is 0. The Hall–Kier alpha value is -3.67. The van der Waals surface area contributed by atoms with Crippen LogP contribution in [-0.2, 0) is 28.6 Å². The first-order valence-corrected chi connectivity index (χ1v) is 24.7. The second-order valence-corrected chi connectivity index (χ2v) is 16.0. The molecule has 6 nitrogen and oxygen atoms in total. The van der Waals surface area contributed by atoms with Gasteiger partial charge in [-0.25, -0.2) is 0 Å². The lowest BCUT2D eigenvalue weighted by atomic mass is 10.1. The summed E-state index contributed by atoms with van der Waals surface area (Å²) in [5.74, 6) is -0.978. The molecule has 0 amide bonds. The van der Waals surface area contributed by atoms with Crippen LogP contribution in [0.1, 0.15) is 213 Å². The van der Waals surface area contributed by atoms with Crippen molar-refractivity contribution < 1.29 is 28.6 Å². The van der Waals surface area contributed by atoms with Crippen molar-refractivity contribution in [2.75, 3.05) is 13.2 Å². The number of esters is 3. The molecule has 1 atom stereocenters. The maximum atomic E-state index is 12.8. The third-order valence-electron chi connectivity index (χ3n) is 10.1. The number of allylic oxidation sites excluding steroid dienone is 16. The van der Waals surface area contributed by atoms with E-state index in [9.17, 15) is 14.4 Å². The number of carbonyl (C=O) groups is 3. The van der Waals surface area contributed by atoms with Gasteiger partial charge in [-0.1, -0.05) is 176 Å². The highest BCUT2D eigenvalue weighted by Gasteiger charge is 2.19. The van der Waals surface area contributed by atoms with Crippen molar-refractivity contribution in [2.45, 2.75) is 219 Å². The van der Waals surface area contributed by atoms with Gasteiger partial charge in [-0.05, 0) is 116 Å². The number of carbonyl (C=O) groups excluding carboxylic acids is 3. The van der Waals surface area contributed by atoms with Crippen molar-refractivity contribution >= 4 is 17.9 Å². The Morgan fingerprint density at radius 3 is 1.02 bits per heavy atom. The second-order valence-electron chi connectivity index (χ2n) is 16.0. The van der Waals surface area contributed by atoms with Gasteiger partial charge in [-0.15, -0.1) is 0 Å². The van der Waals surface area contributed by atoms with Gasteiger partial charge in [0.05, 0.1) is 0 Å². The maximum Gasteiger partial charge on any atom is 0.306 e. The zero-order valence-electron chi connectivity index (χ0n) is 39.4. The average Bonchev–Trinajstić information content (AvgIpc) is 3.26. The average molecular weight is 847 g/mol. The molecule has 0 saturated carbocycles. The molecule has 0 bridgehead atoms. The highest BCUT2D eigenvalue weighted by molar-refractivity contribution is 5.71. The van der Waals surface area contributed by atoms with Crippen LogP contribution in [0.15, 0.2) is 97.2 Å². The molecular formula is C55H90O6. The monoisotopic (exact) mass is 847 g/mol. The highest BCUT2D eigenvalue weighted by Crippen LogP contribution is 2.13. The maximum absolute atomic E-state index is 12.8. The van der Waals surface area contributed by atoms with Gasteiger partial charge in [0.25, 0.3) is 0 Å². The van der Waals surface area contributed by atoms with Crippen molar-refractivity contribution in [1.82, 2.24) is 0 Å². The molecular weight excluding hydrogens is 757 g/mol. The normalized spacial score (nSPS) is 12.9. The van der Waals surface area contributed by atoms with E-state index >= 15 is 0 Å². The molecule has 0 spiro atoms. The molecule has 0 aliphatic rings. The zero-order valence-corrected chi connectivity index (χ0v) is 39.4. The zero-order chi connectivity index (χ0) is 44.4. The van der Waals surface area contributed by atoms with E-state index in [-0.39, 0.29) is 37.5 Å². The molecule has 61 heavy (non-hydrogen) atoms. The number of rotatable bonds is 43. The first-order chi connectivity index (χ1) is 30.0. The summed E-state index contributed by atoms with van der Waals surface area (Å²) in [7, 11) is 0. The van der Waals surface area contributed by atoms with Crippen molar-refractivity contribution in [3.63, 3.8) is 0 Å². The van der Waals surface area contributed by atoms with E-state index in [2.05, 4.69) is 118 Å². The van der Waals surface area contributed by atoms with E-state index in [0.717, 1.165) is 122 Å². The van der Waals surface area contributed by atoms with Crippen LogP contribution in [0.3, 0.4) is 0 Å². The van der Waals surface area contributed by atoms with Gasteiger partial charge in [0, 0.05) is 19.3 Å². The lowest BCUT2D eigenvalue weighted by Crippen LogP contribution is -2.30. The van der Waals surface area contributed by atoms with E-state index in [0.29, 0.717) is 12.8 Å². The fraction of sp³-hybridized carbons (Fsp3) is 0.655. The van der Waals surface area contributed by atoms with Crippen LogP contribution in [0.4, 0.5) is 0 Å². The van der Waals surface area contributed by atoms with Gasteiger partial charge in [0.1, 0.15) is 13.2 Å². The molecule has 6 heteroatoms. The molecule has 0 saturated heterocycles. The van der Waals surface area contributed by atoms with E-state index in [1.165, 1.54) is 51.4 Å². The van der Waals surface area contributed by atoms with E-state index in [1.807, 2.05) is 0 Å². The molecule has 0 rings (SSSR count). The first-order valence-electron chi connectivity index (χ1n) is 24.7. The lowest BCUT2D eigenvalue weighted by molar-refractivity contribution is -0.167. The Labute approximate surface area is 375 Å². The van der Waals surface area contributed by atoms with Gasteiger partial charge in [0.2, 0.25) is 0 Å². The van der Waals surface area contributed by atoms with Crippen LogP contribution in [0, 0.1) is 0 Å². The van der Waals surface area contributed by atoms with Crippen molar-refractivity contribution in [2.24, 2.45) is 0 Å². The summed E-state index contributed by atoms with van der Waals surface area (Å²) < 4.78 is 16.7. The Kier molecular flexibility index (Phi) is 46.0. The Morgan fingerprint density at radius 2 is 0.639 bits per heavy atom. The van der Waals surface area contributed by atoms with Crippen LogP contribution in [0.25, 0.3) is 0 Å². The van der Waals surface area contributed by atoms with Crippen LogP contribution in [0.5, 0.6) is 0 Å². The molecule has 0 fully saturated rings. The Morgan fingerprint density at radius 1 is 0.344 bits per heavy atom. The minimum absolute atomic E-state index is 0.105. The van der Waals surface area contributed by atoms with Crippen molar-refractivity contribution in [3.05, 3.63) is 97.2 Å². The Bertz CT molecular complexity index is 1250. The first kappa shape index (κ1) is 57.3. The minimum atomic E-state index is -0.808. The smallest absolute Gasteiger partial charge is 0.306 e. The molecule has 0 aliphatic carbocycles. The van der Waals surface area contributed by atoms with Crippen molar-refractivity contribution in [3.8, 4) is 0 Å². The second kappa shape index (κ2) is 49.0. The molecule has 0 N–H and O–H groups in total. The van der Waals surface area contributed by atoms with Crippen LogP contribution in [0.2, 0.25) is 0 Å². The van der Waals surface area contributed by atoms with E-state index in [4.69, 9.17) is 14.2 Å². The quantitative estimate of drug-likeness (QED) is 0.0263. The summed E-state index contributed by atoms with van der Waals surface area (Å²) >= 11 is 0. The molecule has 0 radical (unpaired) electrons. The van der Waals surface area contributed by atoms with Crippen LogP contribution >= 0.6 is 0 Å². The summed E-state index contributed by atoms with van der Waals surface area (Å²) in [6.45, 7) is 6.31. The number of ether oxygens (including phenoxy) is 3. The molecule has 346 valence electrons. The minimum Gasteiger partial charge on any atom is -0.462 e. The van der Waals surface area contributed by atoms with Gasteiger partial charge < -0.3 is 14.2 Å². The summed E-state index contributed by atoms with van der Waals surface area (Å²) in [6, 6.07) is 0. The fourth-order valence-corrected chi connectivity index (χ4v) is 6.38. The molecule has 1 unspecified atom stereocenters. The van der Waals surface area contributed by atoms with E-state index in [1.54, 1.807) is 0 Å². The van der Waals surface area contributed by atoms with Gasteiger partial charge in [-0.2, -0.15) is 0 Å². The summed E-state index contributed by atoms with van der Waals surface area (Å²) in [4.78, 5) is 37.9. The third-order valence-corrected chi connectivity index (χ3v) is 10.1. The summed E-state index contributed by atoms with van der Waals surface area (Å²) in [5.41, 5.74) is 0. The molecule has 0 aromatic heterocycles. The fourth-order valence-electron chi connectivity index (χ4n) is 6.38. The third kappa shape index (κ3) is 47.2. The van der Waals surface area contributed by atoms with Crippen LogP contribution in [-0.4, -0.2) is 37.2 Å². The molecule has 0 aromatic carbocycles. The number of hydrogen-bond acceptors (Lipinski definition) is 6. The van der Waals surface area contributed by atoms with Crippen molar-refractivity contribution in [1.29, 1.82) is 0 Å². The van der Waals surface area contributed by atoms with Gasteiger partial charge >= 0.3 is 17.9 Å². The molecule has 0 aromatic rings. The van der Waals surface area contributed by atoms with Gasteiger partial charge in [0.15, 0.2) is 6.10 Å². The Balaban J connectivity index is 4.47. The predicted octanol–water partition coefficient (Wildman–Crippen LogP) is 16.2. The predicted molar refractivity (Wildman–Crippen MR) is 260 cm³/mol. The van der Waals surface area contributed by atoms with Crippen LogP contribution < -0.4 is 0 Å². The molecule has 0 aliphatic heterocycles. The van der Waals surface area contributed by atoms with Gasteiger partial charge in [-0.3, -0.25) is 14.4 Å². The number of unbranched alkanes of at least 4 members (excludes halogenated alkanes) is 16. The molecule has 0 heterocycles. The number of hydrogen-bond donors (Lipinski definition) is 0. The standard InChI is InChI=1S/C55H90O6/c1-4-7-10-13-16-19-22-25-26-27-28-31-33-36-39-42-45-48-54(57)60-51-52(61-55(58)49-46-43-40-37-34-30-24-21-18-15-12-9-6-3)50-59-53(56)47-44-41-38-35-32-29-23-20-17-14-11-8-5-2/h8-9,11-12,16-21,25-26,29-30,32,34,52H,4-7,10,13-15,22-24,27-28,31,33,35-51H2,1-3H3/b11-8-,12-9-,19-16-,20-17-,21-18-,26-25-,32-29-,34-30-. The largest absolute Gasteiger partial charge is 0.462 e. The highest BCUT2D eigenvalue weighted by atomic mass is 16.6. The lowest BCUT2D eigenvalue weighted by Gasteiger charge is -2.18. The summed E-state index contributed by atoms with van der Waals surface area (Å²) in [6.07, 6.45) is 63.9. The topological polar surface area (TPSA) is 78.9 Å².